The van der Waals surface area contributed by atoms with Crippen LogP contribution in [0, 0.1) is 19.7 Å². The zero-order valence-corrected chi connectivity index (χ0v) is 12.2. The van der Waals surface area contributed by atoms with Crippen LogP contribution in [0.1, 0.15) is 38.5 Å². The molecule has 0 saturated carbocycles. The third-order valence-corrected chi connectivity index (χ3v) is 4.09. The van der Waals surface area contributed by atoms with Crippen LogP contribution in [0.25, 0.3) is 0 Å². The second-order valence-corrected chi connectivity index (χ2v) is 5.69. The molecule has 21 heavy (non-hydrogen) atoms. The summed E-state index contributed by atoms with van der Waals surface area (Å²) in [5.74, 6) is -0.865. The molecule has 1 aliphatic heterocycles. The average Bonchev–Trinajstić information content (AvgIpc) is 2.45. The SMILES string of the molecule is Cc1cc(C)c(C(=O)C2CNCc3ccccc32)c(F)c1. The smallest absolute Gasteiger partial charge is 0.174 e. The van der Waals surface area contributed by atoms with E-state index in [1.165, 1.54) is 6.07 Å². The Morgan fingerprint density at radius 3 is 2.76 bits per heavy atom. The third-order valence-electron chi connectivity index (χ3n) is 4.09. The number of carbonyl (C=O) groups excluding carboxylic acids is 1. The summed E-state index contributed by atoms with van der Waals surface area (Å²) < 4.78 is 14.3. The summed E-state index contributed by atoms with van der Waals surface area (Å²) in [4.78, 5) is 12.8. The van der Waals surface area contributed by atoms with Crippen LogP contribution in [0.4, 0.5) is 4.39 Å². The van der Waals surface area contributed by atoms with Crippen molar-refractivity contribution in [2.75, 3.05) is 6.54 Å². The van der Waals surface area contributed by atoms with Crippen molar-refractivity contribution >= 4 is 5.78 Å². The van der Waals surface area contributed by atoms with E-state index in [1.807, 2.05) is 37.3 Å². The van der Waals surface area contributed by atoms with Gasteiger partial charge in [-0.15, -0.1) is 0 Å². The summed E-state index contributed by atoms with van der Waals surface area (Å²) in [7, 11) is 0. The Morgan fingerprint density at radius 1 is 1.24 bits per heavy atom. The molecule has 0 aliphatic carbocycles. The average molecular weight is 283 g/mol. The van der Waals surface area contributed by atoms with Crippen LogP contribution in [0.3, 0.4) is 0 Å². The number of benzene rings is 2. The first-order valence-corrected chi connectivity index (χ1v) is 7.17. The number of hydrogen-bond donors (Lipinski definition) is 1. The molecular formula is C18H18FNO. The third kappa shape index (κ3) is 2.49. The van der Waals surface area contributed by atoms with E-state index in [-0.39, 0.29) is 17.3 Å². The molecule has 1 atom stereocenters. The van der Waals surface area contributed by atoms with E-state index in [0.29, 0.717) is 12.1 Å². The van der Waals surface area contributed by atoms with Gasteiger partial charge in [0.2, 0.25) is 0 Å². The molecular weight excluding hydrogens is 265 g/mol. The van der Waals surface area contributed by atoms with Gasteiger partial charge in [-0.05, 0) is 42.2 Å². The van der Waals surface area contributed by atoms with Crippen molar-refractivity contribution in [1.82, 2.24) is 5.32 Å². The first kappa shape index (κ1) is 14.0. The lowest BCUT2D eigenvalue weighted by molar-refractivity contribution is 0.0950. The molecule has 2 aromatic carbocycles. The van der Waals surface area contributed by atoms with Gasteiger partial charge in [0.1, 0.15) is 5.82 Å². The zero-order valence-electron chi connectivity index (χ0n) is 12.2. The highest BCUT2D eigenvalue weighted by atomic mass is 19.1. The molecule has 1 heterocycles. The second kappa shape index (κ2) is 5.41. The number of carbonyl (C=O) groups is 1. The minimum atomic E-state index is -0.416. The largest absolute Gasteiger partial charge is 0.312 e. The van der Waals surface area contributed by atoms with Crippen LogP contribution in [-0.4, -0.2) is 12.3 Å². The van der Waals surface area contributed by atoms with Crippen molar-refractivity contribution in [3.05, 3.63) is 70.0 Å². The number of hydrogen-bond acceptors (Lipinski definition) is 2. The number of rotatable bonds is 2. The molecule has 0 radical (unpaired) electrons. The van der Waals surface area contributed by atoms with Gasteiger partial charge < -0.3 is 5.32 Å². The van der Waals surface area contributed by atoms with E-state index in [0.717, 1.165) is 23.2 Å². The molecule has 3 heteroatoms. The molecule has 0 saturated heterocycles. The Bertz CT molecular complexity index is 685. The molecule has 0 bridgehead atoms. The lowest BCUT2D eigenvalue weighted by atomic mass is 9.84. The molecule has 3 rings (SSSR count). The molecule has 2 nitrogen and oxygen atoms in total. The minimum absolute atomic E-state index is 0.135. The fraction of sp³-hybridized carbons (Fsp3) is 0.278. The summed E-state index contributed by atoms with van der Waals surface area (Å²) >= 11 is 0. The van der Waals surface area contributed by atoms with Gasteiger partial charge in [0.05, 0.1) is 11.5 Å². The van der Waals surface area contributed by atoms with Crippen LogP contribution in [0.15, 0.2) is 36.4 Å². The van der Waals surface area contributed by atoms with E-state index in [2.05, 4.69) is 5.32 Å². The molecule has 0 fully saturated rings. The number of aryl methyl sites for hydroxylation is 2. The number of fused-ring (bicyclic) bond motifs is 1. The highest BCUT2D eigenvalue weighted by Gasteiger charge is 2.29. The van der Waals surface area contributed by atoms with Gasteiger partial charge in [-0.25, -0.2) is 4.39 Å². The first-order chi connectivity index (χ1) is 10.1. The summed E-state index contributed by atoms with van der Waals surface area (Å²) in [5, 5.41) is 3.25. The molecule has 1 N–H and O–H groups in total. The Labute approximate surface area is 124 Å². The van der Waals surface area contributed by atoms with Gasteiger partial charge in [-0.3, -0.25) is 4.79 Å². The van der Waals surface area contributed by atoms with Gasteiger partial charge in [0.15, 0.2) is 5.78 Å². The summed E-state index contributed by atoms with van der Waals surface area (Å²) in [6.07, 6.45) is 0. The first-order valence-electron chi connectivity index (χ1n) is 7.17. The molecule has 108 valence electrons. The normalized spacial score (nSPS) is 17.4. The fourth-order valence-corrected chi connectivity index (χ4v) is 3.13. The van der Waals surface area contributed by atoms with E-state index in [9.17, 15) is 9.18 Å². The Balaban J connectivity index is 2.05. The number of Topliss-reactive ketones (excluding diaryl/α,β-unsaturated/α-hetero) is 1. The number of halogens is 1. The lowest BCUT2D eigenvalue weighted by Crippen LogP contribution is -2.33. The number of nitrogens with one attached hydrogen (secondary N) is 1. The van der Waals surface area contributed by atoms with Gasteiger partial charge in [0.25, 0.3) is 0 Å². The Kier molecular flexibility index (Phi) is 3.60. The van der Waals surface area contributed by atoms with Gasteiger partial charge in [0, 0.05) is 13.1 Å². The summed E-state index contributed by atoms with van der Waals surface area (Å²) in [5.41, 5.74) is 3.90. The van der Waals surface area contributed by atoms with Crippen molar-refractivity contribution < 1.29 is 9.18 Å². The molecule has 2 aromatic rings. The van der Waals surface area contributed by atoms with E-state index >= 15 is 0 Å². The van der Waals surface area contributed by atoms with Crippen molar-refractivity contribution in [3.8, 4) is 0 Å². The second-order valence-electron chi connectivity index (χ2n) is 5.69. The predicted molar refractivity (Wildman–Crippen MR) is 81.1 cm³/mol. The van der Waals surface area contributed by atoms with Crippen LogP contribution in [-0.2, 0) is 6.54 Å². The summed E-state index contributed by atoms with van der Waals surface area (Å²) in [6.45, 7) is 4.95. The maximum Gasteiger partial charge on any atom is 0.174 e. The van der Waals surface area contributed by atoms with Crippen LogP contribution in [0.2, 0.25) is 0 Å². The van der Waals surface area contributed by atoms with Crippen LogP contribution < -0.4 is 5.32 Å². The van der Waals surface area contributed by atoms with Crippen LogP contribution >= 0.6 is 0 Å². The van der Waals surface area contributed by atoms with Crippen molar-refractivity contribution in [2.45, 2.75) is 26.3 Å². The zero-order chi connectivity index (χ0) is 15.0. The van der Waals surface area contributed by atoms with Gasteiger partial charge in [-0.1, -0.05) is 30.3 Å². The Hall–Kier alpha value is -2.00. The monoisotopic (exact) mass is 283 g/mol. The maximum atomic E-state index is 14.3. The van der Waals surface area contributed by atoms with Crippen molar-refractivity contribution in [2.24, 2.45) is 0 Å². The molecule has 0 spiro atoms. The van der Waals surface area contributed by atoms with Crippen LogP contribution in [0.5, 0.6) is 0 Å². The molecule has 0 aromatic heterocycles. The number of ketones is 1. The Morgan fingerprint density at radius 2 is 2.00 bits per heavy atom. The molecule has 1 aliphatic rings. The topological polar surface area (TPSA) is 29.1 Å². The van der Waals surface area contributed by atoms with Crippen molar-refractivity contribution in [1.29, 1.82) is 0 Å². The standard InChI is InChI=1S/C18H18FNO/c1-11-7-12(2)17(16(19)8-11)18(21)15-10-20-9-13-5-3-4-6-14(13)15/h3-8,15,20H,9-10H2,1-2H3. The van der Waals surface area contributed by atoms with Crippen molar-refractivity contribution in [3.63, 3.8) is 0 Å². The quantitative estimate of drug-likeness (QED) is 0.855. The highest BCUT2D eigenvalue weighted by Crippen LogP contribution is 2.29. The maximum absolute atomic E-state index is 14.3. The predicted octanol–water partition coefficient (Wildman–Crippen LogP) is 3.51. The van der Waals surface area contributed by atoms with E-state index in [1.54, 1.807) is 6.92 Å². The fourth-order valence-electron chi connectivity index (χ4n) is 3.13. The minimum Gasteiger partial charge on any atom is -0.312 e. The van der Waals surface area contributed by atoms with Gasteiger partial charge in [-0.2, -0.15) is 0 Å². The molecule has 0 amide bonds. The van der Waals surface area contributed by atoms with E-state index in [4.69, 9.17) is 0 Å². The van der Waals surface area contributed by atoms with Gasteiger partial charge >= 0.3 is 0 Å². The van der Waals surface area contributed by atoms with E-state index < -0.39 is 5.82 Å². The highest BCUT2D eigenvalue weighted by molar-refractivity contribution is 6.03. The lowest BCUT2D eigenvalue weighted by Gasteiger charge is -2.26. The molecule has 1 unspecified atom stereocenters. The summed E-state index contributed by atoms with van der Waals surface area (Å²) in [6, 6.07) is 11.2.